The molecule has 1 atom stereocenters. The zero-order chi connectivity index (χ0) is 32.0. The van der Waals surface area contributed by atoms with Crippen LogP contribution in [-0.2, 0) is 34.0 Å². The van der Waals surface area contributed by atoms with Crippen molar-refractivity contribution < 1.29 is 33.0 Å². The molecule has 0 unspecified atom stereocenters. The molecule has 6 rings (SSSR count). The summed E-state index contributed by atoms with van der Waals surface area (Å²) in [6.07, 6.45) is 4.40. The number of benzene rings is 2. The number of halogens is 1. The maximum absolute atomic E-state index is 14.6. The first kappa shape index (κ1) is 31.4. The van der Waals surface area contributed by atoms with Gasteiger partial charge in [0.05, 0.1) is 50.7 Å². The van der Waals surface area contributed by atoms with E-state index in [0.29, 0.717) is 41.4 Å². The third kappa shape index (κ3) is 6.97. The fourth-order valence-corrected chi connectivity index (χ4v) is 5.94. The van der Waals surface area contributed by atoms with E-state index in [1.54, 1.807) is 31.4 Å². The van der Waals surface area contributed by atoms with Gasteiger partial charge in [-0.2, -0.15) is 0 Å². The third-order valence-electron chi connectivity index (χ3n) is 8.59. The number of imidazole rings is 1. The average Bonchev–Trinajstić information content (AvgIpc) is 3.40. The van der Waals surface area contributed by atoms with Gasteiger partial charge in [-0.25, -0.2) is 19.2 Å². The molecule has 12 heteroatoms. The number of pyridine rings is 1. The molecule has 4 heterocycles. The van der Waals surface area contributed by atoms with Crippen LogP contribution in [0.3, 0.4) is 0 Å². The zero-order valence-electron chi connectivity index (χ0n) is 26.3. The number of nitrogens with zero attached hydrogens (tertiary/aromatic N) is 5. The van der Waals surface area contributed by atoms with E-state index in [0.717, 1.165) is 61.5 Å². The van der Waals surface area contributed by atoms with Crippen LogP contribution in [0.15, 0.2) is 53.7 Å². The number of hydrogen-bond donors (Lipinski definition) is 0. The van der Waals surface area contributed by atoms with Gasteiger partial charge in [0.25, 0.3) is 0 Å². The van der Waals surface area contributed by atoms with Gasteiger partial charge in [0.2, 0.25) is 5.88 Å². The summed E-state index contributed by atoms with van der Waals surface area (Å²) in [5, 5.41) is 3.67. The molecule has 11 nitrogen and oxygen atoms in total. The molecule has 0 saturated carbocycles. The van der Waals surface area contributed by atoms with Crippen LogP contribution in [0, 0.1) is 5.82 Å². The maximum Gasteiger partial charge on any atom is 0.338 e. The molecule has 2 aromatic heterocycles. The minimum Gasteiger partial charge on any atom is -0.494 e. The summed E-state index contributed by atoms with van der Waals surface area (Å²) >= 11 is 0. The summed E-state index contributed by atoms with van der Waals surface area (Å²) in [5.74, 6) is 1.39. The van der Waals surface area contributed by atoms with Gasteiger partial charge in [-0.05, 0) is 62.2 Å². The molecule has 0 aliphatic carbocycles. The second-order valence-corrected chi connectivity index (χ2v) is 11.5. The molecule has 2 fully saturated rings. The highest BCUT2D eigenvalue weighted by atomic mass is 19.1. The van der Waals surface area contributed by atoms with Crippen LogP contribution in [0.1, 0.15) is 58.2 Å². The number of rotatable bonds is 12. The number of hydrogen-bond acceptors (Lipinski definition) is 10. The lowest BCUT2D eigenvalue weighted by Gasteiger charge is -2.32. The van der Waals surface area contributed by atoms with E-state index in [2.05, 4.69) is 19.5 Å². The van der Waals surface area contributed by atoms with Crippen molar-refractivity contribution in [2.75, 3.05) is 41.0 Å². The zero-order valence-corrected chi connectivity index (χ0v) is 26.3. The Labute approximate surface area is 266 Å². The van der Waals surface area contributed by atoms with E-state index in [1.807, 2.05) is 18.2 Å². The minimum absolute atomic E-state index is 0.0707. The normalized spacial score (nSPS) is 17.3. The highest BCUT2D eigenvalue weighted by molar-refractivity contribution is 5.96. The number of aromatic nitrogens is 3. The summed E-state index contributed by atoms with van der Waals surface area (Å²) in [6.45, 7) is 3.88. The van der Waals surface area contributed by atoms with Gasteiger partial charge in [-0.3, -0.25) is 4.90 Å². The SMILES string of the molecule is CON=Cc1ccc(COc2cccc(C3CCN(Cc4nc5c(OC)cc(C(=O)OC)cc5n4C[C@@H]4CCO4)CC3)n2)c(F)c1. The highest BCUT2D eigenvalue weighted by Gasteiger charge is 2.27. The molecule has 0 spiro atoms. The summed E-state index contributed by atoms with van der Waals surface area (Å²) in [6, 6.07) is 14.1. The largest absolute Gasteiger partial charge is 0.494 e. The Balaban J connectivity index is 1.12. The van der Waals surface area contributed by atoms with Gasteiger partial charge in [0, 0.05) is 29.8 Å². The Bertz CT molecular complexity index is 1710. The minimum atomic E-state index is -0.422. The van der Waals surface area contributed by atoms with Crippen molar-refractivity contribution in [3.8, 4) is 11.6 Å². The molecule has 46 heavy (non-hydrogen) atoms. The van der Waals surface area contributed by atoms with Gasteiger partial charge in [-0.1, -0.05) is 23.4 Å². The van der Waals surface area contributed by atoms with Crippen molar-refractivity contribution in [2.45, 2.75) is 51.0 Å². The fourth-order valence-electron chi connectivity index (χ4n) is 5.94. The second kappa shape index (κ2) is 14.3. The van der Waals surface area contributed by atoms with E-state index >= 15 is 0 Å². The van der Waals surface area contributed by atoms with Gasteiger partial charge < -0.3 is 28.4 Å². The molecule has 0 radical (unpaired) electrons. The molecular weight excluding hydrogens is 593 g/mol. The number of likely N-dealkylation sites (tertiary alicyclic amines) is 1. The van der Waals surface area contributed by atoms with Crippen molar-refractivity contribution in [3.05, 3.63) is 82.6 Å². The van der Waals surface area contributed by atoms with Crippen LogP contribution >= 0.6 is 0 Å². The first-order valence-electron chi connectivity index (χ1n) is 15.4. The van der Waals surface area contributed by atoms with E-state index in [-0.39, 0.29) is 24.4 Å². The quantitative estimate of drug-likeness (QED) is 0.120. The van der Waals surface area contributed by atoms with Crippen LogP contribution in [0.25, 0.3) is 11.0 Å². The first-order valence-corrected chi connectivity index (χ1v) is 15.4. The smallest absolute Gasteiger partial charge is 0.338 e. The van der Waals surface area contributed by atoms with Crippen molar-refractivity contribution in [3.63, 3.8) is 0 Å². The standard InChI is InChI=1S/C34H38FN5O6/c1-42-30-17-25(34(41)43-2)16-29-33(30)38-31(40(29)19-26-11-14-45-26)20-39-12-9-23(10-13-39)28-5-4-6-32(37-28)46-21-24-8-7-22(15-27(24)35)18-36-44-3/h4-8,15-18,23,26H,9-14,19-21H2,1-3H3/t26-/m0/s1. The molecule has 4 aromatic rings. The van der Waals surface area contributed by atoms with E-state index in [9.17, 15) is 9.18 Å². The molecule has 2 saturated heterocycles. The van der Waals surface area contributed by atoms with Crippen LogP contribution in [0.2, 0.25) is 0 Å². The van der Waals surface area contributed by atoms with Crippen LogP contribution < -0.4 is 9.47 Å². The lowest BCUT2D eigenvalue weighted by molar-refractivity contribution is -0.0592. The Morgan fingerprint density at radius 3 is 2.61 bits per heavy atom. The number of methoxy groups -OCH3 is 2. The number of carbonyl (C=O) groups excluding carboxylic acids is 1. The predicted molar refractivity (Wildman–Crippen MR) is 169 cm³/mol. The highest BCUT2D eigenvalue weighted by Crippen LogP contribution is 2.32. The average molecular weight is 632 g/mol. The Morgan fingerprint density at radius 1 is 1.09 bits per heavy atom. The van der Waals surface area contributed by atoms with Crippen molar-refractivity contribution in [1.29, 1.82) is 0 Å². The van der Waals surface area contributed by atoms with E-state index in [4.69, 9.17) is 28.9 Å². The van der Waals surface area contributed by atoms with E-state index < -0.39 is 5.97 Å². The summed E-state index contributed by atoms with van der Waals surface area (Å²) in [5.41, 5.74) is 3.98. The van der Waals surface area contributed by atoms with Crippen molar-refractivity contribution in [1.82, 2.24) is 19.4 Å². The number of oxime groups is 1. The number of carbonyl (C=O) groups is 1. The molecule has 0 N–H and O–H groups in total. The van der Waals surface area contributed by atoms with Crippen LogP contribution in [0.5, 0.6) is 11.6 Å². The summed E-state index contributed by atoms with van der Waals surface area (Å²) in [7, 11) is 4.39. The lowest BCUT2D eigenvalue weighted by atomic mass is 9.93. The predicted octanol–water partition coefficient (Wildman–Crippen LogP) is 5.09. The van der Waals surface area contributed by atoms with Crippen LogP contribution in [-0.4, -0.2) is 78.7 Å². The van der Waals surface area contributed by atoms with Gasteiger partial charge in [-0.15, -0.1) is 0 Å². The molecule has 2 aliphatic heterocycles. The topological polar surface area (TPSA) is 110 Å². The molecule has 242 valence electrons. The number of ether oxygens (including phenoxy) is 4. The number of esters is 1. The molecule has 0 bridgehead atoms. The maximum atomic E-state index is 14.6. The third-order valence-corrected chi connectivity index (χ3v) is 8.59. The molecule has 2 aromatic carbocycles. The number of fused-ring (bicyclic) bond motifs is 1. The fraction of sp³-hybridized carbons (Fsp3) is 0.412. The number of piperidine rings is 1. The first-order chi connectivity index (χ1) is 22.4. The van der Waals surface area contributed by atoms with Gasteiger partial charge in [0.1, 0.15) is 36.6 Å². The Kier molecular flexibility index (Phi) is 9.74. The Hall–Kier alpha value is -4.55. The van der Waals surface area contributed by atoms with Crippen LogP contribution in [0.4, 0.5) is 4.39 Å². The Morgan fingerprint density at radius 2 is 1.91 bits per heavy atom. The van der Waals surface area contributed by atoms with Crippen molar-refractivity contribution >= 4 is 23.2 Å². The summed E-state index contributed by atoms with van der Waals surface area (Å²) < 4.78 is 39.0. The molecule has 2 aliphatic rings. The van der Waals surface area contributed by atoms with Gasteiger partial charge in [0.15, 0.2) is 0 Å². The summed E-state index contributed by atoms with van der Waals surface area (Å²) in [4.78, 5) is 29.2. The second-order valence-electron chi connectivity index (χ2n) is 11.5. The monoisotopic (exact) mass is 631 g/mol. The molecular formula is C34H38FN5O6. The lowest BCUT2D eigenvalue weighted by Crippen LogP contribution is -2.35. The van der Waals surface area contributed by atoms with E-state index in [1.165, 1.54) is 26.5 Å². The van der Waals surface area contributed by atoms with Gasteiger partial charge >= 0.3 is 5.97 Å². The molecule has 0 amide bonds. The van der Waals surface area contributed by atoms with Crippen molar-refractivity contribution in [2.24, 2.45) is 5.16 Å².